The van der Waals surface area contributed by atoms with Crippen LogP contribution in [0.4, 0.5) is 0 Å². The molecule has 1 aromatic heterocycles. The van der Waals surface area contributed by atoms with Crippen molar-refractivity contribution in [3.8, 4) is 0 Å². The Hall–Kier alpha value is -0.910. The third kappa shape index (κ3) is 2.68. The average Bonchev–Trinajstić information content (AvgIpc) is 2.87. The van der Waals surface area contributed by atoms with E-state index in [0.29, 0.717) is 6.61 Å². The predicted molar refractivity (Wildman–Crippen MR) is 71.8 cm³/mol. The Morgan fingerprint density at radius 3 is 2.74 bits per heavy atom. The molecule has 1 atom stereocenters. The normalized spacial score (nSPS) is 27.2. The smallest absolute Gasteiger partial charge is 0.0801 e. The maximum atomic E-state index is 9.64. The third-order valence-corrected chi connectivity index (χ3v) is 4.47. The van der Waals surface area contributed by atoms with Crippen molar-refractivity contribution in [1.82, 2.24) is 14.7 Å². The highest BCUT2D eigenvalue weighted by molar-refractivity contribution is 5.15. The lowest BCUT2D eigenvalue weighted by Gasteiger charge is -2.38. The summed E-state index contributed by atoms with van der Waals surface area (Å²) < 4.78 is 7.71. The summed E-state index contributed by atoms with van der Waals surface area (Å²) >= 11 is 0. The summed E-state index contributed by atoms with van der Waals surface area (Å²) in [4.78, 5) is 2.46. The Balaban J connectivity index is 1.57. The number of likely N-dealkylation sites (tertiary alicyclic amines) is 1. The molecule has 19 heavy (non-hydrogen) atoms. The molecular weight excluding hydrogens is 242 g/mol. The van der Waals surface area contributed by atoms with Crippen molar-refractivity contribution in [1.29, 1.82) is 0 Å². The molecule has 1 N–H and O–H groups in total. The van der Waals surface area contributed by atoms with Gasteiger partial charge in [-0.15, -0.1) is 0 Å². The van der Waals surface area contributed by atoms with Crippen LogP contribution in [0.5, 0.6) is 0 Å². The van der Waals surface area contributed by atoms with Crippen molar-refractivity contribution in [2.24, 2.45) is 7.05 Å². The molecule has 1 spiro atoms. The van der Waals surface area contributed by atoms with Gasteiger partial charge in [0.05, 0.1) is 24.0 Å². The van der Waals surface area contributed by atoms with E-state index >= 15 is 0 Å². The summed E-state index contributed by atoms with van der Waals surface area (Å²) in [7, 11) is 1.97. The topological polar surface area (TPSA) is 50.5 Å². The van der Waals surface area contributed by atoms with Gasteiger partial charge in [-0.1, -0.05) is 0 Å². The molecule has 2 saturated heterocycles. The van der Waals surface area contributed by atoms with Crippen LogP contribution in [-0.2, 0) is 18.3 Å². The fraction of sp³-hybridized carbons (Fsp3) is 0.786. The second-order valence-corrected chi connectivity index (χ2v) is 6.04. The maximum Gasteiger partial charge on any atom is 0.0801 e. The van der Waals surface area contributed by atoms with Gasteiger partial charge >= 0.3 is 0 Å². The van der Waals surface area contributed by atoms with Gasteiger partial charge in [0.15, 0.2) is 0 Å². The molecule has 0 bridgehead atoms. The molecule has 0 amide bonds. The summed E-state index contributed by atoms with van der Waals surface area (Å²) in [6, 6.07) is 0. The number of hydrogen-bond donors (Lipinski definition) is 1. The summed E-state index contributed by atoms with van der Waals surface area (Å²) in [6.07, 6.45) is 4.72. The Morgan fingerprint density at radius 2 is 2.21 bits per heavy atom. The summed E-state index contributed by atoms with van der Waals surface area (Å²) in [5, 5.41) is 14.0. The molecule has 5 heteroatoms. The van der Waals surface area contributed by atoms with Crippen molar-refractivity contribution < 1.29 is 9.84 Å². The largest absolute Gasteiger partial charge is 0.391 e. The summed E-state index contributed by atoms with van der Waals surface area (Å²) in [5.41, 5.74) is 2.39. The van der Waals surface area contributed by atoms with Crippen molar-refractivity contribution in [3.63, 3.8) is 0 Å². The number of nitrogens with zero attached hydrogens (tertiary/aromatic N) is 3. The molecule has 2 aliphatic heterocycles. The number of aryl methyl sites for hydroxylation is 2. The molecule has 0 unspecified atom stereocenters. The molecule has 0 aromatic carbocycles. The SMILES string of the molecule is Cc1nn(C)cc1CN1CCC2(CC1)C[C@@H](O)CO2. The number of hydrogen-bond acceptors (Lipinski definition) is 4. The molecule has 1 aromatic rings. The molecule has 2 fully saturated rings. The highest BCUT2D eigenvalue weighted by Crippen LogP contribution is 2.36. The molecule has 3 heterocycles. The molecule has 3 rings (SSSR count). The lowest BCUT2D eigenvalue weighted by molar-refractivity contribution is -0.0456. The van der Waals surface area contributed by atoms with Crippen LogP contribution in [-0.4, -0.2) is 51.2 Å². The molecular formula is C14H23N3O2. The van der Waals surface area contributed by atoms with Crippen LogP contribution in [0.1, 0.15) is 30.5 Å². The van der Waals surface area contributed by atoms with Crippen molar-refractivity contribution in [2.75, 3.05) is 19.7 Å². The van der Waals surface area contributed by atoms with Gasteiger partial charge in [0, 0.05) is 44.9 Å². The van der Waals surface area contributed by atoms with E-state index in [0.717, 1.165) is 44.6 Å². The zero-order chi connectivity index (χ0) is 13.5. The van der Waals surface area contributed by atoms with Gasteiger partial charge in [-0.3, -0.25) is 9.58 Å². The number of aliphatic hydroxyl groups excluding tert-OH is 1. The highest BCUT2D eigenvalue weighted by Gasteiger charge is 2.42. The van der Waals surface area contributed by atoms with E-state index in [1.54, 1.807) is 0 Å². The quantitative estimate of drug-likeness (QED) is 0.861. The van der Waals surface area contributed by atoms with Crippen LogP contribution in [0.25, 0.3) is 0 Å². The predicted octanol–water partition coefficient (Wildman–Crippen LogP) is 0.844. The highest BCUT2D eigenvalue weighted by atomic mass is 16.5. The van der Waals surface area contributed by atoms with Gasteiger partial charge in [0.25, 0.3) is 0 Å². The number of ether oxygens (including phenoxy) is 1. The van der Waals surface area contributed by atoms with Crippen molar-refractivity contribution >= 4 is 0 Å². The maximum absolute atomic E-state index is 9.64. The second kappa shape index (κ2) is 4.89. The van der Waals surface area contributed by atoms with E-state index in [9.17, 15) is 5.11 Å². The van der Waals surface area contributed by atoms with E-state index in [1.807, 2.05) is 11.7 Å². The van der Waals surface area contributed by atoms with Gasteiger partial charge in [0.1, 0.15) is 0 Å². The Labute approximate surface area is 114 Å². The van der Waals surface area contributed by atoms with Gasteiger partial charge in [-0.2, -0.15) is 5.10 Å². The fourth-order valence-electron chi connectivity index (χ4n) is 3.33. The molecule has 0 aliphatic carbocycles. The Morgan fingerprint density at radius 1 is 1.47 bits per heavy atom. The number of aromatic nitrogens is 2. The molecule has 5 nitrogen and oxygen atoms in total. The van der Waals surface area contributed by atoms with Crippen LogP contribution in [0, 0.1) is 6.92 Å². The lowest BCUT2D eigenvalue weighted by atomic mass is 9.88. The van der Waals surface area contributed by atoms with Crippen LogP contribution in [0.3, 0.4) is 0 Å². The van der Waals surface area contributed by atoms with Crippen molar-refractivity contribution in [2.45, 2.75) is 44.4 Å². The first-order valence-electron chi connectivity index (χ1n) is 7.10. The van der Waals surface area contributed by atoms with Crippen LogP contribution < -0.4 is 0 Å². The van der Waals surface area contributed by atoms with E-state index in [4.69, 9.17) is 4.74 Å². The minimum Gasteiger partial charge on any atom is -0.391 e. The Bertz CT molecular complexity index is 450. The zero-order valence-electron chi connectivity index (χ0n) is 11.8. The lowest BCUT2D eigenvalue weighted by Crippen LogP contribution is -2.43. The van der Waals surface area contributed by atoms with E-state index in [-0.39, 0.29) is 11.7 Å². The van der Waals surface area contributed by atoms with Gasteiger partial charge in [-0.25, -0.2) is 0 Å². The first-order chi connectivity index (χ1) is 9.06. The van der Waals surface area contributed by atoms with Gasteiger partial charge in [0.2, 0.25) is 0 Å². The molecule has 0 saturated carbocycles. The van der Waals surface area contributed by atoms with Crippen LogP contribution >= 0.6 is 0 Å². The summed E-state index contributed by atoms with van der Waals surface area (Å²) in [5.74, 6) is 0. The molecule has 106 valence electrons. The van der Waals surface area contributed by atoms with E-state index in [1.165, 1.54) is 5.56 Å². The monoisotopic (exact) mass is 265 g/mol. The van der Waals surface area contributed by atoms with Crippen LogP contribution in [0.15, 0.2) is 6.20 Å². The first kappa shape index (κ1) is 13.1. The first-order valence-corrected chi connectivity index (χ1v) is 7.10. The average molecular weight is 265 g/mol. The van der Waals surface area contributed by atoms with E-state index < -0.39 is 0 Å². The van der Waals surface area contributed by atoms with Crippen LogP contribution in [0.2, 0.25) is 0 Å². The standard InChI is InChI=1S/C14H23N3O2/c1-11-12(8-16(2)15-11)9-17-5-3-14(4-6-17)7-13(18)10-19-14/h8,13,18H,3-7,9-10H2,1-2H3/t13-/m1/s1. The fourth-order valence-corrected chi connectivity index (χ4v) is 3.33. The second-order valence-electron chi connectivity index (χ2n) is 6.04. The number of rotatable bonds is 2. The zero-order valence-corrected chi connectivity index (χ0v) is 11.8. The minimum absolute atomic E-state index is 0.0418. The molecule has 2 aliphatic rings. The van der Waals surface area contributed by atoms with Crippen molar-refractivity contribution in [3.05, 3.63) is 17.5 Å². The number of piperidine rings is 1. The van der Waals surface area contributed by atoms with Gasteiger partial charge in [-0.05, 0) is 19.8 Å². The summed E-state index contributed by atoms with van der Waals surface area (Å²) in [6.45, 7) is 5.64. The minimum atomic E-state index is -0.257. The molecule has 0 radical (unpaired) electrons. The number of aliphatic hydroxyl groups is 1. The third-order valence-electron chi connectivity index (χ3n) is 4.47. The Kier molecular flexibility index (Phi) is 3.37. The van der Waals surface area contributed by atoms with Gasteiger partial charge < -0.3 is 9.84 Å². The van der Waals surface area contributed by atoms with E-state index in [2.05, 4.69) is 23.1 Å².